The predicted octanol–water partition coefficient (Wildman–Crippen LogP) is 4.89. The Hall–Kier alpha value is -0.0638. The number of carboxylic acids is 1. The van der Waals surface area contributed by atoms with Gasteiger partial charge in [-0.1, -0.05) is 66.5 Å². The summed E-state index contributed by atoms with van der Waals surface area (Å²) in [5, 5.41) is 25.6. The van der Waals surface area contributed by atoms with Crippen LogP contribution in [0.2, 0.25) is 0 Å². The largest absolute Gasteiger partial charge is 2.00 e. The van der Waals surface area contributed by atoms with Crippen LogP contribution in [0.25, 0.3) is 0 Å². The monoisotopic (exact) mass is 478 g/mol. The molecule has 0 aromatic heterocycles. The minimum atomic E-state index is -0.801. The van der Waals surface area contributed by atoms with Gasteiger partial charge in [-0.15, -0.1) is 6.10 Å². The number of carboxylic acid groups (broad SMARTS) is 1. The Bertz CT molecular complexity index is 891. The summed E-state index contributed by atoms with van der Waals surface area (Å²) in [5.41, 5.74) is 1.21. The number of hydrogen-bond donors (Lipinski definition) is 0. The molecule has 0 radical (unpaired) electrons. The van der Waals surface area contributed by atoms with Crippen molar-refractivity contribution in [3.8, 4) is 0 Å². The number of hydrogen-bond acceptors (Lipinski definition) is 3. The van der Waals surface area contributed by atoms with Gasteiger partial charge in [0, 0.05) is 11.4 Å². The zero-order valence-corrected chi connectivity index (χ0v) is 24.3. The standard InChI is InChI=1S/C30H47O3.Mg/c1-25(2)14-16-30(24(32)33)17-15-28(6)19(20(30)18-25)8-9-22-27(5)12-11-23(31)26(3,4)21(27)10-13-29(22,28)7;/h8,20-23H,9-18H2,1-7H3,(H,32,33);/q-1;+2/p-1/t20-,21-,22+,23-,27-,28+,29+,30-;/m0./s1. The Labute approximate surface area is 224 Å². The van der Waals surface area contributed by atoms with E-state index in [0.717, 1.165) is 64.2 Å². The Morgan fingerprint density at radius 3 is 2.18 bits per heavy atom. The van der Waals surface area contributed by atoms with Crippen molar-refractivity contribution in [2.45, 2.75) is 119 Å². The van der Waals surface area contributed by atoms with Crippen LogP contribution >= 0.6 is 0 Å². The topological polar surface area (TPSA) is 63.2 Å². The van der Waals surface area contributed by atoms with Gasteiger partial charge in [0.15, 0.2) is 0 Å². The number of carbonyl (C=O) groups is 1. The van der Waals surface area contributed by atoms with Crippen molar-refractivity contribution in [2.75, 3.05) is 0 Å². The number of rotatable bonds is 1. The molecule has 186 valence electrons. The normalized spacial score (nSPS) is 50.9. The molecule has 0 aromatic rings. The second-order valence-corrected chi connectivity index (χ2v) is 15.0. The molecule has 5 rings (SSSR count). The van der Waals surface area contributed by atoms with Crippen LogP contribution in [0.15, 0.2) is 11.6 Å². The van der Waals surface area contributed by atoms with Crippen LogP contribution in [-0.4, -0.2) is 35.1 Å². The molecular weight excluding hydrogens is 433 g/mol. The number of allylic oxidation sites excluding steroid dienone is 2. The zero-order chi connectivity index (χ0) is 24.2. The minimum Gasteiger partial charge on any atom is -0.852 e. The summed E-state index contributed by atoms with van der Waals surface area (Å²) in [4.78, 5) is 12.6. The molecule has 3 nitrogen and oxygen atoms in total. The van der Waals surface area contributed by atoms with E-state index in [-0.39, 0.29) is 56.0 Å². The fourth-order valence-corrected chi connectivity index (χ4v) is 10.6. The molecule has 34 heavy (non-hydrogen) atoms. The first-order chi connectivity index (χ1) is 15.1. The second-order valence-electron chi connectivity index (χ2n) is 15.0. The van der Waals surface area contributed by atoms with Gasteiger partial charge in [0.2, 0.25) is 0 Å². The van der Waals surface area contributed by atoms with Gasteiger partial charge in [0.25, 0.3) is 0 Å². The summed E-state index contributed by atoms with van der Waals surface area (Å²) < 4.78 is 0. The smallest absolute Gasteiger partial charge is 0.852 e. The van der Waals surface area contributed by atoms with E-state index in [4.69, 9.17) is 0 Å². The Balaban J connectivity index is 0.00000274. The SMILES string of the molecule is CC1(C)CC[C@]2(C(=O)[O-])CC[C@]3(C)C(=CC[C@@H]4[C@@]5(C)CC[C@H]([O-])C(C)(C)[C@@H]5CC[C@]43C)[C@@H]2C1.[Mg+2]. The van der Waals surface area contributed by atoms with E-state index in [1.54, 1.807) is 0 Å². The van der Waals surface area contributed by atoms with Gasteiger partial charge in [-0.3, -0.25) is 0 Å². The molecule has 0 unspecified atom stereocenters. The molecule has 0 aliphatic heterocycles. The molecule has 4 saturated carbocycles. The molecule has 8 atom stereocenters. The van der Waals surface area contributed by atoms with Crippen molar-refractivity contribution in [1.82, 2.24) is 0 Å². The molecule has 0 N–H and O–H groups in total. The van der Waals surface area contributed by atoms with Crippen LogP contribution in [0.5, 0.6) is 0 Å². The van der Waals surface area contributed by atoms with Crippen molar-refractivity contribution in [3.63, 3.8) is 0 Å². The maximum Gasteiger partial charge on any atom is 2.00 e. The number of fused-ring (bicyclic) bond motifs is 7. The fraction of sp³-hybridized carbons (Fsp3) is 0.900. The van der Waals surface area contributed by atoms with Crippen molar-refractivity contribution in [1.29, 1.82) is 0 Å². The van der Waals surface area contributed by atoms with E-state index in [0.29, 0.717) is 11.8 Å². The molecule has 0 aromatic carbocycles. The molecule has 0 heterocycles. The van der Waals surface area contributed by atoms with Gasteiger partial charge in [-0.25, -0.2) is 0 Å². The van der Waals surface area contributed by atoms with E-state index < -0.39 is 17.5 Å². The molecular formula is C30H46MgO3. The molecule has 5 aliphatic carbocycles. The summed E-state index contributed by atoms with van der Waals surface area (Å²) in [6, 6.07) is 0. The van der Waals surface area contributed by atoms with Crippen LogP contribution < -0.4 is 10.2 Å². The third kappa shape index (κ3) is 3.25. The predicted molar refractivity (Wildman–Crippen MR) is 134 cm³/mol. The summed E-state index contributed by atoms with van der Waals surface area (Å²) in [6.07, 6.45) is 11.7. The summed E-state index contributed by atoms with van der Waals surface area (Å²) in [7, 11) is 0. The molecule has 4 heteroatoms. The zero-order valence-electron chi connectivity index (χ0n) is 22.9. The molecule has 0 saturated heterocycles. The van der Waals surface area contributed by atoms with Gasteiger partial charge in [-0.2, -0.15) is 0 Å². The third-order valence-electron chi connectivity index (χ3n) is 13.0. The Morgan fingerprint density at radius 1 is 0.882 bits per heavy atom. The molecule has 0 bridgehead atoms. The van der Waals surface area contributed by atoms with Crippen LogP contribution in [0.1, 0.15) is 113 Å². The Morgan fingerprint density at radius 2 is 1.53 bits per heavy atom. The number of carbonyl (C=O) groups excluding carboxylic acids is 1. The van der Waals surface area contributed by atoms with Gasteiger partial charge in [0.1, 0.15) is 0 Å². The molecule has 0 amide bonds. The van der Waals surface area contributed by atoms with E-state index >= 15 is 0 Å². The molecule has 4 fully saturated rings. The summed E-state index contributed by atoms with van der Waals surface area (Å²) in [6.45, 7) is 16.7. The van der Waals surface area contributed by atoms with Crippen molar-refractivity contribution >= 4 is 29.0 Å². The van der Waals surface area contributed by atoms with Crippen molar-refractivity contribution in [2.24, 2.45) is 50.2 Å². The maximum atomic E-state index is 13.0. The van der Waals surface area contributed by atoms with Gasteiger partial charge in [0.05, 0.1) is 0 Å². The molecule has 0 spiro atoms. The quantitative estimate of drug-likeness (QED) is 0.398. The van der Waals surface area contributed by atoms with Crippen molar-refractivity contribution in [3.05, 3.63) is 11.6 Å². The fourth-order valence-electron chi connectivity index (χ4n) is 10.6. The van der Waals surface area contributed by atoms with E-state index in [1.165, 1.54) is 5.57 Å². The molecule has 5 aliphatic rings. The summed E-state index contributed by atoms with van der Waals surface area (Å²) >= 11 is 0. The van der Waals surface area contributed by atoms with Gasteiger partial charge >= 0.3 is 23.1 Å². The second kappa shape index (κ2) is 7.97. The van der Waals surface area contributed by atoms with Crippen LogP contribution in [0.3, 0.4) is 0 Å². The minimum absolute atomic E-state index is 0. The van der Waals surface area contributed by atoms with Crippen LogP contribution in [-0.2, 0) is 4.79 Å². The van der Waals surface area contributed by atoms with Crippen LogP contribution in [0.4, 0.5) is 0 Å². The first-order valence-electron chi connectivity index (χ1n) is 13.7. The first kappa shape index (κ1) is 27.0. The van der Waals surface area contributed by atoms with E-state index in [1.807, 2.05) is 0 Å². The summed E-state index contributed by atoms with van der Waals surface area (Å²) in [5.74, 6) is 0.361. The average molecular weight is 479 g/mol. The van der Waals surface area contributed by atoms with Crippen molar-refractivity contribution < 1.29 is 15.0 Å². The van der Waals surface area contributed by atoms with E-state index in [2.05, 4.69) is 54.5 Å². The average Bonchev–Trinajstić information content (AvgIpc) is 2.71. The van der Waals surface area contributed by atoms with Gasteiger partial charge < -0.3 is 15.0 Å². The number of aliphatic carboxylic acids is 1. The Kier molecular flexibility index (Phi) is 6.32. The maximum absolute atomic E-state index is 13.0. The third-order valence-corrected chi connectivity index (χ3v) is 13.0. The first-order valence-corrected chi connectivity index (χ1v) is 13.7. The van der Waals surface area contributed by atoms with Gasteiger partial charge in [-0.05, 0) is 103 Å². The van der Waals surface area contributed by atoms with E-state index in [9.17, 15) is 15.0 Å². The van der Waals surface area contributed by atoms with Crippen LogP contribution in [0, 0.1) is 50.2 Å².